The van der Waals surface area contributed by atoms with Crippen LogP contribution in [0.2, 0.25) is 5.02 Å². The van der Waals surface area contributed by atoms with Crippen LogP contribution in [0.5, 0.6) is 0 Å². The van der Waals surface area contributed by atoms with Crippen molar-refractivity contribution in [1.82, 2.24) is 0 Å². The molecule has 1 amide bonds. The van der Waals surface area contributed by atoms with E-state index in [1.54, 1.807) is 24.3 Å². The van der Waals surface area contributed by atoms with Crippen LogP contribution in [0.25, 0.3) is 0 Å². The number of ether oxygens (including phenoxy) is 1. The second kappa shape index (κ2) is 7.98. The van der Waals surface area contributed by atoms with E-state index in [1.165, 1.54) is 19.1 Å². The van der Waals surface area contributed by atoms with E-state index in [0.29, 0.717) is 5.56 Å². The van der Waals surface area contributed by atoms with Crippen molar-refractivity contribution in [3.05, 3.63) is 58.9 Å². The van der Waals surface area contributed by atoms with Crippen LogP contribution in [0.3, 0.4) is 0 Å². The zero-order chi connectivity index (χ0) is 18.6. The Morgan fingerprint density at radius 2 is 1.80 bits per heavy atom. The molecule has 0 spiro atoms. The average Bonchev–Trinajstić information content (AvgIpc) is 2.57. The highest BCUT2D eigenvalue weighted by atomic mass is 35.5. The molecular formula is C18H18ClFN2O3. The molecule has 0 aliphatic carbocycles. The Hall–Kier alpha value is -2.60. The fraction of sp³-hybridized carbons (Fsp3) is 0.222. The number of amides is 1. The van der Waals surface area contributed by atoms with Gasteiger partial charge in [-0.3, -0.25) is 4.79 Å². The maximum atomic E-state index is 13.0. The van der Waals surface area contributed by atoms with Crippen LogP contribution < -0.4 is 10.2 Å². The quantitative estimate of drug-likeness (QED) is 0.821. The topological polar surface area (TPSA) is 58.6 Å². The normalized spacial score (nSPS) is 11.6. The molecule has 1 atom stereocenters. The Balaban J connectivity index is 1.99. The molecule has 7 heteroatoms. The molecule has 0 saturated heterocycles. The van der Waals surface area contributed by atoms with E-state index in [9.17, 15) is 14.0 Å². The van der Waals surface area contributed by atoms with E-state index in [1.807, 2.05) is 19.0 Å². The number of rotatable bonds is 5. The Kier molecular flexibility index (Phi) is 5.98. The number of benzene rings is 2. The lowest BCUT2D eigenvalue weighted by atomic mass is 10.2. The first kappa shape index (κ1) is 18.7. The predicted molar refractivity (Wildman–Crippen MR) is 95.7 cm³/mol. The molecule has 0 heterocycles. The molecule has 132 valence electrons. The Labute approximate surface area is 150 Å². The summed E-state index contributed by atoms with van der Waals surface area (Å²) in [6.07, 6.45) is -1.04. The van der Waals surface area contributed by atoms with Crippen molar-refractivity contribution in [2.75, 3.05) is 24.3 Å². The van der Waals surface area contributed by atoms with E-state index in [-0.39, 0.29) is 10.7 Å². The summed E-state index contributed by atoms with van der Waals surface area (Å²) in [4.78, 5) is 26.1. The zero-order valence-electron chi connectivity index (χ0n) is 14.0. The first-order valence-electron chi connectivity index (χ1n) is 7.52. The summed E-state index contributed by atoms with van der Waals surface area (Å²) in [5, 5.41) is 2.56. The average molecular weight is 365 g/mol. The minimum absolute atomic E-state index is 0.0613. The highest BCUT2D eigenvalue weighted by Crippen LogP contribution is 2.22. The first-order chi connectivity index (χ1) is 11.8. The van der Waals surface area contributed by atoms with Crippen molar-refractivity contribution in [3.63, 3.8) is 0 Å². The summed E-state index contributed by atoms with van der Waals surface area (Å²) in [7, 11) is 3.78. The third kappa shape index (κ3) is 4.93. The van der Waals surface area contributed by atoms with E-state index in [0.717, 1.165) is 11.8 Å². The summed E-state index contributed by atoms with van der Waals surface area (Å²) in [5.74, 6) is -1.69. The molecule has 1 N–H and O–H groups in total. The van der Waals surface area contributed by atoms with Crippen molar-refractivity contribution in [2.24, 2.45) is 0 Å². The molecule has 2 aromatic rings. The van der Waals surface area contributed by atoms with Gasteiger partial charge in [0.05, 0.1) is 16.3 Å². The van der Waals surface area contributed by atoms with Gasteiger partial charge in [0.25, 0.3) is 5.91 Å². The van der Waals surface area contributed by atoms with Gasteiger partial charge in [-0.2, -0.15) is 0 Å². The van der Waals surface area contributed by atoms with Gasteiger partial charge in [0.1, 0.15) is 5.82 Å². The third-order valence-electron chi connectivity index (χ3n) is 3.46. The molecule has 0 bridgehead atoms. The van der Waals surface area contributed by atoms with Gasteiger partial charge in [0, 0.05) is 19.8 Å². The zero-order valence-corrected chi connectivity index (χ0v) is 14.8. The van der Waals surface area contributed by atoms with Gasteiger partial charge in [0.2, 0.25) is 0 Å². The summed E-state index contributed by atoms with van der Waals surface area (Å²) >= 11 is 5.85. The molecule has 0 saturated carbocycles. The molecule has 0 radical (unpaired) electrons. The molecule has 0 aliphatic heterocycles. The predicted octanol–water partition coefficient (Wildman–Crippen LogP) is 3.73. The fourth-order valence-corrected chi connectivity index (χ4v) is 2.22. The lowest BCUT2D eigenvalue weighted by Crippen LogP contribution is -2.30. The van der Waals surface area contributed by atoms with Gasteiger partial charge in [0.15, 0.2) is 6.10 Å². The van der Waals surface area contributed by atoms with Crippen LogP contribution in [0, 0.1) is 5.82 Å². The standard InChI is InChI=1S/C18H18ClFN2O3/c1-11(17(23)21-16-9-6-13(20)10-15(16)19)25-18(24)12-4-7-14(8-5-12)22(2)3/h4-11H,1-3H3,(H,21,23)/t11-/m0/s1. The van der Waals surface area contributed by atoms with Gasteiger partial charge < -0.3 is 15.0 Å². The van der Waals surface area contributed by atoms with Crippen LogP contribution in [0.4, 0.5) is 15.8 Å². The van der Waals surface area contributed by atoms with Crippen molar-refractivity contribution in [1.29, 1.82) is 0 Å². The van der Waals surface area contributed by atoms with Crippen molar-refractivity contribution >= 4 is 34.9 Å². The highest BCUT2D eigenvalue weighted by molar-refractivity contribution is 6.33. The largest absolute Gasteiger partial charge is 0.449 e. The number of anilines is 2. The van der Waals surface area contributed by atoms with Crippen LogP contribution >= 0.6 is 11.6 Å². The number of hydrogen-bond acceptors (Lipinski definition) is 4. The van der Waals surface area contributed by atoms with Crippen LogP contribution in [-0.4, -0.2) is 32.1 Å². The molecule has 5 nitrogen and oxygen atoms in total. The second-order valence-corrected chi connectivity index (χ2v) is 6.01. The van der Waals surface area contributed by atoms with Crippen molar-refractivity contribution < 1.29 is 18.7 Å². The molecule has 2 rings (SSSR count). The monoisotopic (exact) mass is 364 g/mol. The van der Waals surface area contributed by atoms with Gasteiger partial charge in [-0.15, -0.1) is 0 Å². The number of hydrogen-bond donors (Lipinski definition) is 1. The Morgan fingerprint density at radius 1 is 1.16 bits per heavy atom. The maximum absolute atomic E-state index is 13.0. The van der Waals surface area contributed by atoms with E-state index < -0.39 is 23.8 Å². The number of nitrogens with zero attached hydrogens (tertiary/aromatic N) is 1. The first-order valence-corrected chi connectivity index (χ1v) is 7.90. The highest BCUT2D eigenvalue weighted by Gasteiger charge is 2.20. The molecular weight excluding hydrogens is 347 g/mol. The summed E-state index contributed by atoms with van der Waals surface area (Å²) < 4.78 is 18.2. The second-order valence-electron chi connectivity index (χ2n) is 5.60. The molecule has 25 heavy (non-hydrogen) atoms. The molecule has 2 aromatic carbocycles. The smallest absolute Gasteiger partial charge is 0.338 e. The molecule has 0 aromatic heterocycles. The van der Waals surface area contributed by atoms with Gasteiger partial charge in [-0.05, 0) is 49.4 Å². The maximum Gasteiger partial charge on any atom is 0.338 e. The lowest BCUT2D eigenvalue weighted by molar-refractivity contribution is -0.123. The number of halogens is 2. The van der Waals surface area contributed by atoms with E-state index in [4.69, 9.17) is 16.3 Å². The number of carbonyl (C=O) groups excluding carboxylic acids is 2. The van der Waals surface area contributed by atoms with Gasteiger partial charge in [-0.25, -0.2) is 9.18 Å². The van der Waals surface area contributed by atoms with Gasteiger partial charge >= 0.3 is 5.97 Å². The van der Waals surface area contributed by atoms with Gasteiger partial charge in [-0.1, -0.05) is 11.6 Å². The molecule has 0 unspecified atom stereocenters. The Bertz CT molecular complexity index is 778. The SMILES string of the molecule is C[C@H](OC(=O)c1ccc(N(C)C)cc1)C(=O)Nc1ccc(F)cc1Cl. The molecule has 0 fully saturated rings. The summed E-state index contributed by atoms with van der Waals surface area (Å²) in [6.45, 7) is 1.44. The van der Waals surface area contributed by atoms with Crippen LogP contribution in [0.1, 0.15) is 17.3 Å². The van der Waals surface area contributed by atoms with Crippen molar-refractivity contribution in [3.8, 4) is 0 Å². The van der Waals surface area contributed by atoms with E-state index >= 15 is 0 Å². The summed E-state index contributed by atoms with van der Waals surface area (Å²) in [6, 6.07) is 10.4. The number of carbonyl (C=O) groups is 2. The molecule has 0 aliphatic rings. The lowest BCUT2D eigenvalue weighted by Gasteiger charge is -2.15. The number of esters is 1. The Morgan fingerprint density at radius 3 is 2.36 bits per heavy atom. The summed E-state index contributed by atoms with van der Waals surface area (Å²) in [5.41, 5.74) is 1.52. The van der Waals surface area contributed by atoms with Crippen molar-refractivity contribution in [2.45, 2.75) is 13.0 Å². The van der Waals surface area contributed by atoms with Crippen LogP contribution in [-0.2, 0) is 9.53 Å². The fourth-order valence-electron chi connectivity index (χ4n) is 2.00. The minimum atomic E-state index is -1.04. The van der Waals surface area contributed by atoms with Crippen LogP contribution in [0.15, 0.2) is 42.5 Å². The minimum Gasteiger partial charge on any atom is -0.449 e. The number of nitrogens with one attached hydrogen (secondary N) is 1. The third-order valence-corrected chi connectivity index (χ3v) is 3.77. The van der Waals surface area contributed by atoms with E-state index in [2.05, 4.69) is 5.32 Å².